The number of aromatic nitrogens is 1. The highest BCUT2D eigenvalue weighted by molar-refractivity contribution is 7.13. The molecular weight excluding hydrogens is 236 g/mol. The Morgan fingerprint density at radius 1 is 1.47 bits per heavy atom. The molecule has 92 valence electrons. The minimum atomic E-state index is 0.0617. The van der Waals surface area contributed by atoms with Gasteiger partial charge in [0, 0.05) is 37.6 Å². The third-order valence-electron chi connectivity index (χ3n) is 3.03. The fourth-order valence-corrected chi connectivity index (χ4v) is 2.63. The molecule has 1 aliphatic heterocycles. The van der Waals surface area contributed by atoms with E-state index in [2.05, 4.69) is 15.6 Å². The Balaban J connectivity index is 1.65. The largest absolute Gasteiger partial charge is 0.359 e. The second kappa shape index (κ2) is 4.62. The maximum Gasteiger partial charge on any atom is 0.273 e. The molecule has 2 fully saturated rings. The number of hydrogen-bond acceptors (Lipinski definition) is 5. The second-order valence-corrected chi connectivity index (χ2v) is 5.36. The molecule has 1 aromatic rings. The molecule has 0 radical (unpaired) electrons. The van der Waals surface area contributed by atoms with Gasteiger partial charge in [-0.25, -0.2) is 4.98 Å². The van der Waals surface area contributed by atoms with E-state index < -0.39 is 0 Å². The minimum Gasteiger partial charge on any atom is -0.359 e. The van der Waals surface area contributed by atoms with Gasteiger partial charge < -0.3 is 15.5 Å². The van der Waals surface area contributed by atoms with Crippen LogP contribution in [0, 0.1) is 0 Å². The quantitative estimate of drug-likeness (QED) is 0.834. The van der Waals surface area contributed by atoms with E-state index in [-0.39, 0.29) is 5.91 Å². The van der Waals surface area contributed by atoms with Crippen molar-refractivity contribution in [2.45, 2.75) is 18.9 Å². The first-order chi connectivity index (χ1) is 8.33. The van der Waals surface area contributed by atoms with E-state index in [9.17, 15) is 4.79 Å². The van der Waals surface area contributed by atoms with Crippen molar-refractivity contribution in [3.63, 3.8) is 0 Å². The Hall–Kier alpha value is -1.14. The molecule has 0 aromatic carbocycles. The summed E-state index contributed by atoms with van der Waals surface area (Å²) in [5.41, 5.74) is 0.583. The van der Waals surface area contributed by atoms with Crippen LogP contribution in [0.5, 0.6) is 0 Å². The molecule has 2 N–H and O–H groups in total. The highest BCUT2D eigenvalue weighted by Crippen LogP contribution is 2.26. The summed E-state index contributed by atoms with van der Waals surface area (Å²) in [5, 5.41) is 9.29. The number of rotatable bonds is 3. The van der Waals surface area contributed by atoms with Gasteiger partial charge in [-0.15, -0.1) is 11.3 Å². The molecule has 3 rings (SSSR count). The number of nitrogens with one attached hydrogen (secondary N) is 2. The number of carbonyl (C=O) groups is 1. The zero-order valence-electron chi connectivity index (χ0n) is 9.61. The molecule has 0 unspecified atom stereocenters. The predicted molar refractivity (Wildman–Crippen MR) is 67.5 cm³/mol. The first kappa shape index (κ1) is 11.0. The predicted octanol–water partition coefficient (Wildman–Crippen LogP) is 0.763. The topological polar surface area (TPSA) is 57.3 Å². The van der Waals surface area contributed by atoms with E-state index in [4.69, 9.17) is 0 Å². The molecular formula is C11H16N4OS. The number of hydrogen-bond donors (Lipinski definition) is 2. The van der Waals surface area contributed by atoms with Crippen LogP contribution in [0.2, 0.25) is 0 Å². The second-order valence-electron chi connectivity index (χ2n) is 4.50. The molecule has 0 atom stereocenters. The smallest absolute Gasteiger partial charge is 0.273 e. The van der Waals surface area contributed by atoms with Gasteiger partial charge >= 0.3 is 0 Å². The van der Waals surface area contributed by atoms with Crippen molar-refractivity contribution in [1.29, 1.82) is 0 Å². The van der Waals surface area contributed by atoms with Gasteiger partial charge in [0.05, 0.1) is 0 Å². The molecule has 5 nitrogen and oxygen atoms in total. The average molecular weight is 252 g/mol. The first-order valence-corrected chi connectivity index (χ1v) is 6.93. The van der Waals surface area contributed by atoms with Crippen LogP contribution in [0.3, 0.4) is 0 Å². The van der Waals surface area contributed by atoms with Crippen LogP contribution in [0.1, 0.15) is 23.3 Å². The Morgan fingerprint density at radius 3 is 2.94 bits per heavy atom. The summed E-state index contributed by atoms with van der Waals surface area (Å²) in [6.07, 6.45) is 2.45. The zero-order valence-corrected chi connectivity index (χ0v) is 10.4. The van der Waals surface area contributed by atoms with Crippen molar-refractivity contribution in [1.82, 2.24) is 15.2 Å². The number of amides is 1. The summed E-state index contributed by atoms with van der Waals surface area (Å²) in [7, 11) is 0. The van der Waals surface area contributed by atoms with Crippen LogP contribution in [-0.4, -0.2) is 48.0 Å². The van der Waals surface area contributed by atoms with E-state index in [1.54, 1.807) is 0 Å². The van der Waals surface area contributed by atoms with Crippen LogP contribution in [0.15, 0.2) is 5.38 Å². The Morgan fingerprint density at radius 2 is 2.24 bits per heavy atom. The van der Waals surface area contributed by atoms with Crippen molar-refractivity contribution in [3.8, 4) is 0 Å². The molecule has 1 aliphatic carbocycles. The monoisotopic (exact) mass is 252 g/mol. The van der Waals surface area contributed by atoms with Crippen LogP contribution in [0.25, 0.3) is 0 Å². The molecule has 2 heterocycles. The van der Waals surface area contributed by atoms with Gasteiger partial charge in [-0.05, 0) is 12.8 Å². The first-order valence-electron chi connectivity index (χ1n) is 6.05. The Bertz CT molecular complexity index is 409. The van der Waals surface area contributed by atoms with E-state index in [0.29, 0.717) is 11.7 Å². The standard InChI is InChI=1S/C11H16N4OS/c16-10(15-5-3-12-4-6-15)9-7-17-11(14-9)13-8-1-2-8/h7-8,12H,1-6H2,(H,13,14). The summed E-state index contributed by atoms with van der Waals surface area (Å²) in [5.74, 6) is 0.0617. The van der Waals surface area contributed by atoms with Crippen molar-refractivity contribution in [3.05, 3.63) is 11.1 Å². The van der Waals surface area contributed by atoms with Gasteiger partial charge in [0.1, 0.15) is 5.69 Å². The number of piperazine rings is 1. The van der Waals surface area contributed by atoms with E-state index in [1.807, 2.05) is 10.3 Å². The molecule has 17 heavy (non-hydrogen) atoms. The fraction of sp³-hybridized carbons (Fsp3) is 0.636. The highest BCUT2D eigenvalue weighted by atomic mass is 32.1. The molecule has 1 aromatic heterocycles. The molecule has 1 amide bonds. The lowest BCUT2D eigenvalue weighted by Gasteiger charge is -2.26. The van der Waals surface area contributed by atoms with Gasteiger partial charge in [-0.2, -0.15) is 0 Å². The minimum absolute atomic E-state index is 0.0617. The molecule has 1 saturated heterocycles. The maximum absolute atomic E-state index is 12.1. The summed E-state index contributed by atoms with van der Waals surface area (Å²) in [6.45, 7) is 3.32. The summed E-state index contributed by atoms with van der Waals surface area (Å²) in [6, 6.07) is 0.586. The van der Waals surface area contributed by atoms with E-state index >= 15 is 0 Å². The molecule has 0 spiro atoms. The number of nitrogens with zero attached hydrogens (tertiary/aromatic N) is 2. The average Bonchev–Trinajstić information content (AvgIpc) is 3.06. The van der Waals surface area contributed by atoms with Crippen LogP contribution in [-0.2, 0) is 0 Å². The zero-order chi connectivity index (χ0) is 11.7. The van der Waals surface area contributed by atoms with Gasteiger partial charge in [0.2, 0.25) is 0 Å². The maximum atomic E-state index is 12.1. The fourth-order valence-electron chi connectivity index (χ4n) is 1.87. The summed E-state index contributed by atoms with van der Waals surface area (Å²) < 4.78 is 0. The van der Waals surface area contributed by atoms with Gasteiger partial charge in [0.25, 0.3) is 5.91 Å². The SMILES string of the molecule is O=C(c1csc(NC2CC2)n1)N1CCNCC1. The molecule has 0 bridgehead atoms. The third-order valence-corrected chi connectivity index (χ3v) is 3.81. The lowest BCUT2D eigenvalue weighted by Crippen LogP contribution is -2.46. The Kier molecular flexibility index (Phi) is 2.98. The Labute approximate surface area is 104 Å². The van der Waals surface area contributed by atoms with E-state index in [0.717, 1.165) is 31.3 Å². The van der Waals surface area contributed by atoms with Crippen LogP contribution < -0.4 is 10.6 Å². The van der Waals surface area contributed by atoms with Gasteiger partial charge in [-0.1, -0.05) is 0 Å². The van der Waals surface area contributed by atoms with E-state index in [1.165, 1.54) is 24.2 Å². The molecule has 1 saturated carbocycles. The lowest BCUT2D eigenvalue weighted by atomic mass is 10.3. The van der Waals surface area contributed by atoms with Crippen molar-refractivity contribution >= 4 is 22.4 Å². The van der Waals surface area contributed by atoms with Gasteiger partial charge in [-0.3, -0.25) is 4.79 Å². The third kappa shape index (κ3) is 2.58. The van der Waals surface area contributed by atoms with Crippen molar-refractivity contribution in [2.24, 2.45) is 0 Å². The van der Waals surface area contributed by atoms with Crippen molar-refractivity contribution < 1.29 is 4.79 Å². The van der Waals surface area contributed by atoms with Gasteiger partial charge in [0.15, 0.2) is 5.13 Å². The molecule has 2 aliphatic rings. The highest BCUT2D eigenvalue weighted by Gasteiger charge is 2.24. The van der Waals surface area contributed by atoms with Crippen LogP contribution >= 0.6 is 11.3 Å². The lowest BCUT2D eigenvalue weighted by molar-refractivity contribution is 0.0731. The number of anilines is 1. The molecule has 6 heteroatoms. The summed E-state index contributed by atoms with van der Waals surface area (Å²) in [4.78, 5) is 18.4. The van der Waals surface area contributed by atoms with Crippen molar-refractivity contribution in [2.75, 3.05) is 31.5 Å². The number of carbonyl (C=O) groups excluding carboxylic acids is 1. The number of thiazole rings is 1. The van der Waals surface area contributed by atoms with Crippen LogP contribution in [0.4, 0.5) is 5.13 Å². The summed E-state index contributed by atoms with van der Waals surface area (Å²) >= 11 is 1.52. The normalized spacial score (nSPS) is 20.4.